The van der Waals surface area contributed by atoms with Crippen LogP contribution in [0.25, 0.3) is 10.8 Å². The van der Waals surface area contributed by atoms with Crippen molar-refractivity contribution in [2.24, 2.45) is 0 Å². The average Bonchev–Trinajstić information content (AvgIpc) is 2.46. The summed E-state index contributed by atoms with van der Waals surface area (Å²) in [6, 6.07) is 15.1. The summed E-state index contributed by atoms with van der Waals surface area (Å²) in [4.78, 5) is 0. The molecular weight excluding hydrogens is 277 g/mol. The number of ether oxygens (including phenoxy) is 1. The first-order valence-electron chi connectivity index (χ1n) is 6.05. The van der Waals surface area contributed by atoms with Gasteiger partial charge in [0, 0.05) is 21.9 Å². The van der Waals surface area contributed by atoms with Gasteiger partial charge in [-0.1, -0.05) is 35.9 Å². The molecule has 0 aliphatic carbocycles. The van der Waals surface area contributed by atoms with Crippen molar-refractivity contribution >= 4 is 28.1 Å². The SMILES string of the molecule is Nc1ccc(F)cc1Oc1ccc(Cl)c2ccccc12. The number of fused-ring (bicyclic) bond motifs is 1. The van der Waals surface area contributed by atoms with Crippen LogP contribution < -0.4 is 10.5 Å². The Labute approximate surface area is 120 Å². The fraction of sp³-hybridized carbons (Fsp3) is 0. The molecule has 0 unspecified atom stereocenters. The fourth-order valence-corrected chi connectivity index (χ4v) is 2.27. The Kier molecular flexibility index (Phi) is 3.20. The summed E-state index contributed by atoms with van der Waals surface area (Å²) >= 11 is 6.15. The van der Waals surface area contributed by atoms with Crippen LogP contribution in [-0.4, -0.2) is 0 Å². The van der Waals surface area contributed by atoms with E-state index in [0.717, 1.165) is 10.8 Å². The molecular formula is C16H11ClFNO. The topological polar surface area (TPSA) is 35.2 Å². The molecule has 0 radical (unpaired) electrons. The van der Waals surface area contributed by atoms with Crippen molar-refractivity contribution in [2.75, 3.05) is 5.73 Å². The smallest absolute Gasteiger partial charge is 0.153 e. The van der Waals surface area contributed by atoms with Gasteiger partial charge < -0.3 is 10.5 Å². The van der Waals surface area contributed by atoms with Crippen LogP contribution in [0.3, 0.4) is 0 Å². The van der Waals surface area contributed by atoms with Gasteiger partial charge in [0.05, 0.1) is 5.69 Å². The molecule has 3 rings (SSSR count). The molecule has 4 heteroatoms. The number of hydrogen-bond acceptors (Lipinski definition) is 2. The molecule has 3 aromatic rings. The third kappa shape index (κ3) is 2.28. The number of rotatable bonds is 2. The quantitative estimate of drug-likeness (QED) is 0.673. The molecule has 0 saturated heterocycles. The molecule has 0 aliphatic rings. The van der Waals surface area contributed by atoms with Crippen LogP contribution in [0.15, 0.2) is 54.6 Å². The minimum absolute atomic E-state index is 0.289. The molecule has 0 bridgehead atoms. The Morgan fingerprint density at radius 1 is 0.900 bits per heavy atom. The maximum absolute atomic E-state index is 13.3. The van der Waals surface area contributed by atoms with Gasteiger partial charge in [0.1, 0.15) is 11.6 Å². The Morgan fingerprint density at radius 3 is 2.45 bits per heavy atom. The van der Waals surface area contributed by atoms with Gasteiger partial charge in [0.2, 0.25) is 0 Å². The van der Waals surface area contributed by atoms with Crippen molar-refractivity contribution in [2.45, 2.75) is 0 Å². The zero-order chi connectivity index (χ0) is 14.1. The van der Waals surface area contributed by atoms with Crippen molar-refractivity contribution in [3.63, 3.8) is 0 Å². The van der Waals surface area contributed by atoms with Crippen LogP contribution >= 0.6 is 11.6 Å². The zero-order valence-corrected chi connectivity index (χ0v) is 11.2. The molecule has 3 aromatic carbocycles. The van der Waals surface area contributed by atoms with E-state index < -0.39 is 5.82 Å². The highest BCUT2D eigenvalue weighted by Gasteiger charge is 2.09. The van der Waals surface area contributed by atoms with E-state index in [4.69, 9.17) is 22.1 Å². The van der Waals surface area contributed by atoms with Crippen molar-refractivity contribution in [1.29, 1.82) is 0 Å². The highest BCUT2D eigenvalue weighted by molar-refractivity contribution is 6.35. The number of benzene rings is 3. The van der Waals surface area contributed by atoms with Gasteiger partial charge in [-0.2, -0.15) is 0 Å². The average molecular weight is 288 g/mol. The zero-order valence-electron chi connectivity index (χ0n) is 10.4. The number of halogens is 2. The third-order valence-electron chi connectivity index (χ3n) is 3.03. The molecule has 0 atom stereocenters. The second-order valence-corrected chi connectivity index (χ2v) is 4.78. The summed E-state index contributed by atoms with van der Waals surface area (Å²) in [6.07, 6.45) is 0. The number of hydrogen-bond donors (Lipinski definition) is 1. The lowest BCUT2D eigenvalue weighted by Gasteiger charge is -2.11. The van der Waals surface area contributed by atoms with Crippen molar-refractivity contribution < 1.29 is 9.13 Å². The molecule has 0 fully saturated rings. The Hall–Kier alpha value is -2.26. The standard InChI is InChI=1S/C16H11ClFNO/c17-13-6-8-15(12-4-2-1-3-11(12)13)20-16-9-10(18)5-7-14(16)19/h1-9H,19H2. The molecule has 0 heterocycles. The first-order valence-corrected chi connectivity index (χ1v) is 6.43. The second-order valence-electron chi connectivity index (χ2n) is 4.38. The van der Waals surface area contributed by atoms with Gasteiger partial charge >= 0.3 is 0 Å². The summed E-state index contributed by atoms with van der Waals surface area (Å²) in [6.45, 7) is 0. The minimum Gasteiger partial charge on any atom is -0.454 e. The van der Waals surface area contributed by atoms with Gasteiger partial charge in [-0.05, 0) is 24.3 Å². The van der Waals surface area contributed by atoms with Crippen LogP contribution in [0, 0.1) is 5.82 Å². The van der Waals surface area contributed by atoms with Crippen LogP contribution in [0.1, 0.15) is 0 Å². The van der Waals surface area contributed by atoms with Gasteiger partial charge in [-0.15, -0.1) is 0 Å². The lowest BCUT2D eigenvalue weighted by atomic mass is 10.1. The normalized spacial score (nSPS) is 10.7. The van der Waals surface area contributed by atoms with E-state index in [2.05, 4.69) is 0 Å². The van der Waals surface area contributed by atoms with E-state index >= 15 is 0 Å². The molecule has 0 spiro atoms. The van der Waals surface area contributed by atoms with E-state index in [1.165, 1.54) is 18.2 Å². The summed E-state index contributed by atoms with van der Waals surface area (Å²) in [5.41, 5.74) is 6.17. The van der Waals surface area contributed by atoms with E-state index in [0.29, 0.717) is 16.5 Å². The van der Waals surface area contributed by atoms with Gasteiger partial charge in [-0.3, -0.25) is 0 Å². The van der Waals surface area contributed by atoms with Gasteiger partial charge in [0.25, 0.3) is 0 Å². The van der Waals surface area contributed by atoms with Crippen LogP contribution in [0.5, 0.6) is 11.5 Å². The maximum atomic E-state index is 13.3. The molecule has 0 saturated carbocycles. The predicted molar refractivity (Wildman–Crippen MR) is 79.8 cm³/mol. The second kappa shape index (κ2) is 5.02. The number of nitrogens with two attached hydrogens (primary N) is 1. The molecule has 0 aliphatic heterocycles. The van der Waals surface area contributed by atoms with Crippen LogP contribution in [-0.2, 0) is 0 Å². The van der Waals surface area contributed by atoms with Crippen molar-refractivity contribution in [3.8, 4) is 11.5 Å². The van der Waals surface area contributed by atoms with Crippen molar-refractivity contribution in [1.82, 2.24) is 0 Å². The molecule has 20 heavy (non-hydrogen) atoms. The number of nitrogen functional groups attached to an aromatic ring is 1. The molecule has 0 aromatic heterocycles. The van der Waals surface area contributed by atoms with Crippen molar-refractivity contribution in [3.05, 3.63) is 65.4 Å². The highest BCUT2D eigenvalue weighted by Crippen LogP contribution is 2.35. The Balaban J connectivity index is 2.11. The Morgan fingerprint density at radius 2 is 1.65 bits per heavy atom. The van der Waals surface area contributed by atoms with E-state index in [1.54, 1.807) is 12.1 Å². The maximum Gasteiger partial charge on any atom is 0.153 e. The third-order valence-corrected chi connectivity index (χ3v) is 3.36. The first-order chi connectivity index (χ1) is 9.65. The first kappa shape index (κ1) is 12.8. The van der Waals surface area contributed by atoms with E-state index in [-0.39, 0.29) is 5.75 Å². The molecule has 100 valence electrons. The summed E-state index contributed by atoms with van der Waals surface area (Å²) < 4.78 is 19.0. The highest BCUT2D eigenvalue weighted by atomic mass is 35.5. The Bertz CT molecular complexity index is 789. The summed E-state index contributed by atoms with van der Waals surface area (Å²) in [5.74, 6) is 0.479. The summed E-state index contributed by atoms with van der Waals surface area (Å²) in [7, 11) is 0. The lowest BCUT2D eigenvalue weighted by Crippen LogP contribution is -1.93. The predicted octanol–water partition coefficient (Wildman–Crippen LogP) is 5.01. The van der Waals surface area contributed by atoms with Crippen LogP contribution in [0.4, 0.5) is 10.1 Å². The molecule has 2 N–H and O–H groups in total. The van der Waals surface area contributed by atoms with E-state index in [1.807, 2.05) is 24.3 Å². The minimum atomic E-state index is -0.396. The summed E-state index contributed by atoms with van der Waals surface area (Å²) in [5, 5.41) is 2.37. The molecule has 0 amide bonds. The lowest BCUT2D eigenvalue weighted by molar-refractivity contribution is 0.484. The van der Waals surface area contributed by atoms with Crippen LogP contribution in [0.2, 0.25) is 5.02 Å². The van der Waals surface area contributed by atoms with E-state index in [9.17, 15) is 4.39 Å². The molecule has 2 nitrogen and oxygen atoms in total. The largest absolute Gasteiger partial charge is 0.454 e. The monoisotopic (exact) mass is 287 g/mol. The number of anilines is 1. The van der Waals surface area contributed by atoms with Gasteiger partial charge in [0.15, 0.2) is 5.75 Å². The van der Waals surface area contributed by atoms with Gasteiger partial charge in [-0.25, -0.2) is 4.39 Å². The fourth-order valence-electron chi connectivity index (χ4n) is 2.04.